The van der Waals surface area contributed by atoms with Crippen molar-refractivity contribution in [1.82, 2.24) is 4.98 Å². The summed E-state index contributed by atoms with van der Waals surface area (Å²) in [5.74, 6) is 0. The average Bonchev–Trinajstić information content (AvgIpc) is 3.59. The van der Waals surface area contributed by atoms with Crippen LogP contribution in [0.4, 0.5) is 17.1 Å². The number of benzene rings is 6. The van der Waals surface area contributed by atoms with Gasteiger partial charge in [-0.2, -0.15) is 0 Å². The fourth-order valence-electron chi connectivity index (χ4n) is 6.55. The highest BCUT2D eigenvalue weighted by molar-refractivity contribution is 7.25. The highest BCUT2D eigenvalue weighted by Crippen LogP contribution is 2.50. The summed E-state index contributed by atoms with van der Waals surface area (Å²) in [6, 6.07) is 48.6. The summed E-state index contributed by atoms with van der Waals surface area (Å²) in [7, 11) is 0. The van der Waals surface area contributed by atoms with Crippen LogP contribution in [0.5, 0.6) is 0 Å². The quantitative estimate of drug-likeness (QED) is 0.216. The lowest BCUT2D eigenvalue weighted by Gasteiger charge is -2.26. The number of hydrogen-bond acceptors (Lipinski definition) is 3. The predicted molar refractivity (Wildman–Crippen MR) is 179 cm³/mol. The van der Waals surface area contributed by atoms with Crippen LogP contribution in [0.1, 0.15) is 0 Å². The maximum absolute atomic E-state index is 4.44. The Labute approximate surface area is 247 Å². The maximum Gasteiger partial charge on any atom is 0.0468 e. The van der Waals surface area contributed by atoms with Gasteiger partial charge in [0.1, 0.15) is 0 Å². The van der Waals surface area contributed by atoms with Gasteiger partial charge >= 0.3 is 0 Å². The van der Waals surface area contributed by atoms with Crippen LogP contribution < -0.4 is 4.90 Å². The van der Waals surface area contributed by atoms with Crippen LogP contribution in [-0.2, 0) is 0 Å². The molecule has 0 atom stereocenters. The number of anilines is 3. The summed E-state index contributed by atoms with van der Waals surface area (Å²) in [6.45, 7) is 0. The zero-order valence-corrected chi connectivity index (χ0v) is 23.5. The minimum Gasteiger partial charge on any atom is -0.310 e. The van der Waals surface area contributed by atoms with Crippen molar-refractivity contribution in [2.75, 3.05) is 4.90 Å². The van der Waals surface area contributed by atoms with Crippen LogP contribution >= 0.6 is 11.3 Å². The van der Waals surface area contributed by atoms with E-state index in [1.807, 2.05) is 23.7 Å². The van der Waals surface area contributed by atoms with Crippen molar-refractivity contribution < 1.29 is 0 Å². The summed E-state index contributed by atoms with van der Waals surface area (Å²) < 4.78 is 2.54. The van der Waals surface area contributed by atoms with Crippen molar-refractivity contribution in [1.29, 1.82) is 0 Å². The van der Waals surface area contributed by atoms with Crippen LogP contribution in [0.2, 0.25) is 0 Å². The van der Waals surface area contributed by atoms with Gasteiger partial charge in [0.05, 0.1) is 0 Å². The second kappa shape index (κ2) is 9.13. The smallest absolute Gasteiger partial charge is 0.0468 e. The molecule has 0 fully saturated rings. The fraction of sp³-hybridized carbons (Fsp3) is 0. The van der Waals surface area contributed by atoms with Gasteiger partial charge in [0, 0.05) is 49.6 Å². The monoisotopic (exact) mass is 552 g/mol. The van der Waals surface area contributed by atoms with Gasteiger partial charge in [-0.15, -0.1) is 11.3 Å². The normalized spacial score (nSPS) is 11.8. The number of rotatable bonds is 4. The Kier molecular flexibility index (Phi) is 5.10. The van der Waals surface area contributed by atoms with Gasteiger partial charge in [0.15, 0.2) is 0 Å². The van der Waals surface area contributed by atoms with Crippen LogP contribution in [0.15, 0.2) is 146 Å². The molecule has 0 unspecified atom stereocenters. The van der Waals surface area contributed by atoms with E-state index in [-0.39, 0.29) is 0 Å². The Bertz CT molecular complexity index is 2290. The number of nitrogens with zero attached hydrogens (tertiary/aromatic N) is 2. The third-order valence-electron chi connectivity index (χ3n) is 8.49. The minimum absolute atomic E-state index is 1.13. The van der Waals surface area contributed by atoms with Gasteiger partial charge in [-0.25, -0.2) is 0 Å². The maximum atomic E-state index is 4.44. The highest BCUT2D eigenvalue weighted by atomic mass is 32.1. The number of pyridine rings is 1. The molecule has 0 spiro atoms. The molecule has 3 heteroatoms. The van der Waals surface area contributed by atoms with Crippen molar-refractivity contribution in [2.24, 2.45) is 0 Å². The number of fused-ring (bicyclic) bond motifs is 6. The Hall–Kier alpha value is -5.25. The predicted octanol–water partition coefficient (Wildman–Crippen LogP) is 11.4. The van der Waals surface area contributed by atoms with E-state index in [1.165, 1.54) is 64.3 Å². The van der Waals surface area contributed by atoms with Crippen molar-refractivity contribution >= 4 is 59.3 Å². The largest absolute Gasteiger partial charge is 0.310 e. The zero-order chi connectivity index (χ0) is 27.6. The Morgan fingerprint density at radius 3 is 2.00 bits per heavy atom. The van der Waals surface area contributed by atoms with Crippen molar-refractivity contribution in [2.45, 2.75) is 0 Å². The molecule has 1 aliphatic carbocycles. The molecule has 196 valence electrons. The molecular weight excluding hydrogens is 529 g/mol. The molecule has 6 aromatic carbocycles. The molecule has 0 aliphatic heterocycles. The Balaban J connectivity index is 1.24. The molecule has 0 radical (unpaired) electrons. The third-order valence-corrected chi connectivity index (χ3v) is 9.64. The molecule has 8 aromatic rings. The standard InChI is InChI=1S/C39H24N2S/c1-2-6-25(7-3-1)26-12-14-28(15-13-26)41(30-17-19-37-35(23-30)36-24-40-21-20-38(36)42-37)29-16-18-31-32-10-4-8-27-9-5-11-33(39(27)32)34(31)22-29/h1-24H. The first-order valence-electron chi connectivity index (χ1n) is 14.2. The van der Waals surface area contributed by atoms with Crippen molar-refractivity contribution in [3.63, 3.8) is 0 Å². The van der Waals surface area contributed by atoms with E-state index in [1.54, 1.807) is 0 Å². The van der Waals surface area contributed by atoms with E-state index in [4.69, 9.17) is 0 Å². The molecule has 2 heterocycles. The van der Waals surface area contributed by atoms with Gasteiger partial charge in [0.25, 0.3) is 0 Å². The first-order chi connectivity index (χ1) is 20.8. The first-order valence-corrected chi connectivity index (χ1v) is 15.0. The molecule has 2 aromatic heterocycles. The summed E-state index contributed by atoms with van der Waals surface area (Å²) in [5, 5.41) is 5.09. The molecule has 2 nitrogen and oxygen atoms in total. The molecule has 42 heavy (non-hydrogen) atoms. The number of aromatic nitrogens is 1. The molecule has 0 N–H and O–H groups in total. The van der Waals surface area contributed by atoms with E-state index in [0.29, 0.717) is 0 Å². The third kappa shape index (κ3) is 3.54. The van der Waals surface area contributed by atoms with Crippen LogP contribution in [0, 0.1) is 0 Å². The van der Waals surface area contributed by atoms with E-state index in [2.05, 4.69) is 143 Å². The minimum atomic E-state index is 1.13. The van der Waals surface area contributed by atoms with Crippen LogP contribution in [0.3, 0.4) is 0 Å². The lowest BCUT2D eigenvalue weighted by atomic mass is 10.0. The molecule has 0 amide bonds. The summed E-state index contributed by atoms with van der Waals surface area (Å²) >= 11 is 1.82. The average molecular weight is 553 g/mol. The molecule has 0 saturated carbocycles. The van der Waals surface area contributed by atoms with E-state index in [9.17, 15) is 0 Å². The Morgan fingerprint density at radius 2 is 1.17 bits per heavy atom. The van der Waals surface area contributed by atoms with Crippen LogP contribution in [-0.4, -0.2) is 4.98 Å². The van der Waals surface area contributed by atoms with Gasteiger partial charge in [0.2, 0.25) is 0 Å². The van der Waals surface area contributed by atoms with E-state index in [0.717, 1.165) is 17.1 Å². The lowest BCUT2D eigenvalue weighted by molar-refractivity contribution is 1.29. The molecule has 9 rings (SSSR count). The second-order valence-electron chi connectivity index (χ2n) is 10.8. The highest BCUT2D eigenvalue weighted by Gasteiger charge is 2.23. The SMILES string of the molecule is c1ccc(-c2ccc(N(c3ccc4c(c3)-c3cccc5cccc-4c35)c3ccc4sc5ccncc5c4c3)cc2)cc1. The number of thiophene rings is 1. The van der Waals surface area contributed by atoms with E-state index < -0.39 is 0 Å². The first kappa shape index (κ1) is 23.5. The van der Waals surface area contributed by atoms with Gasteiger partial charge in [-0.1, -0.05) is 84.9 Å². The Morgan fingerprint density at radius 1 is 0.476 bits per heavy atom. The zero-order valence-electron chi connectivity index (χ0n) is 22.7. The molecule has 1 aliphatic rings. The molecule has 0 bridgehead atoms. The summed E-state index contributed by atoms with van der Waals surface area (Å²) in [5.41, 5.74) is 11.0. The van der Waals surface area contributed by atoms with Crippen LogP contribution in [0.25, 0.3) is 64.3 Å². The lowest BCUT2D eigenvalue weighted by Crippen LogP contribution is -2.10. The van der Waals surface area contributed by atoms with Crippen molar-refractivity contribution in [3.8, 4) is 33.4 Å². The van der Waals surface area contributed by atoms with Gasteiger partial charge in [-0.05, 0) is 92.7 Å². The molecule has 0 saturated heterocycles. The second-order valence-corrected chi connectivity index (χ2v) is 11.9. The van der Waals surface area contributed by atoms with E-state index >= 15 is 0 Å². The van der Waals surface area contributed by atoms with Gasteiger partial charge in [-0.3, -0.25) is 4.98 Å². The number of hydrogen-bond donors (Lipinski definition) is 0. The topological polar surface area (TPSA) is 16.1 Å². The summed E-state index contributed by atoms with van der Waals surface area (Å²) in [4.78, 5) is 6.82. The molecular formula is C39H24N2S. The fourth-order valence-corrected chi connectivity index (χ4v) is 7.60. The van der Waals surface area contributed by atoms with Gasteiger partial charge < -0.3 is 4.90 Å². The summed E-state index contributed by atoms with van der Waals surface area (Å²) in [6.07, 6.45) is 3.87. The van der Waals surface area contributed by atoms with Crippen molar-refractivity contribution in [3.05, 3.63) is 146 Å².